The second-order valence-corrected chi connectivity index (χ2v) is 10.8. The Hall–Kier alpha value is -2.51. The van der Waals surface area contributed by atoms with Crippen LogP contribution in [0.2, 0.25) is 0 Å². The number of para-hydroxylation sites is 1. The number of rotatable bonds is 4. The molecular formula is C27H37FeN3O5. The molecule has 1 aromatic carbocycles. The van der Waals surface area contributed by atoms with Crippen LogP contribution in [0.3, 0.4) is 0 Å². The first-order chi connectivity index (χ1) is 16.6. The number of fused-ring (bicyclic) bond motifs is 3. The Kier molecular flexibility index (Phi) is 8.78. The molecule has 3 atom stereocenters. The van der Waals surface area contributed by atoms with E-state index >= 15 is 0 Å². The Morgan fingerprint density at radius 1 is 1.14 bits per heavy atom. The molecule has 0 saturated heterocycles. The molecule has 9 heteroatoms. The molecule has 0 bridgehead atoms. The number of methoxy groups -OCH3 is 1. The van der Waals surface area contributed by atoms with Gasteiger partial charge in [0.05, 0.1) is 13.7 Å². The number of H-pyrrole nitrogens is 1. The minimum atomic E-state index is -0.662. The van der Waals surface area contributed by atoms with E-state index in [0.717, 1.165) is 47.8 Å². The van der Waals surface area contributed by atoms with Gasteiger partial charge >= 0.3 is 12.1 Å². The van der Waals surface area contributed by atoms with Crippen LogP contribution in [0.5, 0.6) is 0 Å². The second kappa shape index (κ2) is 11.3. The molecule has 0 radical (unpaired) electrons. The van der Waals surface area contributed by atoms with E-state index in [9.17, 15) is 14.4 Å². The van der Waals surface area contributed by atoms with Crippen molar-refractivity contribution >= 4 is 28.9 Å². The minimum Gasteiger partial charge on any atom is -0.467 e. The number of aromatic nitrogens is 1. The SMILES string of the molecule is COC(=O)C1Cc2c([nH]c3ccccc23)CN1C(=O)C1CCCCC1CN(C)C(=O)OC(C)(C)C.[Fe]. The molecule has 36 heavy (non-hydrogen) atoms. The first-order valence-corrected chi connectivity index (χ1v) is 12.5. The van der Waals surface area contributed by atoms with Crippen molar-refractivity contribution in [3.05, 3.63) is 35.5 Å². The van der Waals surface area contributed by atoms with E-state index < -0.39 is 17.6 Å². The predicted octanol–water partition coefficient (Wildman–Crippen LogP) is 4.27. The fourth-order valence-corrected chi connectivity index (χ4v) is 5.52. The van der Waals surface area contributed by atoms with Gasteiger partial charge in [0.1, 0.15) is 11.6 Å². The summed E-state index contributed by atoms with van der Waals surface area (Å²) in [4.78, 5) is 46.1. The monoisotopic (exact) mass is 539 g/mol. The summed E-state index contributed by atoms with van der Waals surface area (Å²) < 4.78 is 10.6. The fourth-order valence-electron chi connectivity index (χ4n) is 5.52. The van der Waals surface area contributed by atoms with Crippen molar-refractivity contribution in [2.75, 3.05) is 20.7 Å². The maximum Gasteiger partial charge on any atom is 0.410 e. The average molecular weight is 539 g/mol. The van der Waals surface area contributed by atoms with E-state index in [1.807, 2.05) is 45.0 Å². The zero-order valence-corrected chi connectivity index (χ0v) is 22.9. The van der Waals surface area contributed by atoms with Gasteiger partial charge < -0.3 is 24.3 Å². The quantitative estimate of drug-likeness (QED) is 0.463. The number of amides is 2. The van der Waals surface area contributed by atoms with Gasteiger partial charge in [-0.25, -0.2) is 9.59 Å². The molecule has 8 nitrogen and oxygen atoms in total. The van der Waals surface area contributed by atoms with Gasteiger partial charge in [0.2, 0.25) is 5.91 Å². The third kappa shape index (κ3) is 5.89. The van der Waals surface area contributed by atoms with Crippen molar-refractivity contribution in [1.82, 2.24) is 14.8 Å². The van der Waals surface area contributed by atoms with Crippen molar-refractivity contribution in [3.63, 3.8) is 0 Å². The zero-order chi connectivity index (χ0) is 25.3. The van der Waals surface area contributed by atoms with E-state index in [4.69, 9.17) is 9.47 Å². The van der Waals surface area contributed by atoms with Gasteiger partial charge in [0, 0.05) is 59.6 Å². The number of nitrogens with one attached hydrogen (secondary N) is 1. The van der Waals surface area contributed by atoms with Gasteiger partial charge in [-0.15, -0.1) is 0 Å². The fraction of sp³-hybridized carbons (Fsp3) is 0.593. The van der Waals surface area contributed by atoms with Crippen molar-refractivity contribution in [3.8, 4) is 0 Å². The van der Waals surface area contributed by atoms with Crippen LogP contribution in [0.15, 0.2) is 24.3 Å². The van der Waals surface area contributed by atoms with Crippen LogP contribution >= 0.6 is 0 Å². The van der Waals surface area contributed by atoms with Gasteiger partial charge in [-0.05, 0) is 51.2 Å². The number of aromatic amines is 1. The minimum absolute atomic E-state index is 0. The molecule has 1 N–H and O–H groups in total. The van der Waals surface area contributed by atoms with Gasteiger partial charge in [0.25, 0.3) is 0 Å². The van der Waals surface area contributed by atoms with Crippen LogP contribution in [0.1, 0.15) is 57.7 Å². The standard InChI is InChI=1S/C27H37N3O5.Fe/c1-27(2,3)35-26(33)29(4)15-17-10-6-7-11-18(17)24(31)30-16-22-20(14-23(30)25(32)34-5)19-12-8-9-13-21(19)28-22;/h8-9,12-13,17-18,23,28H,6-7,10-11,14-16H2,1-5H3;. The first kappa shape index (κ1) is 28.1. The van der Waals surface area contributed by atoms with Crippen molar-refractivity contribution in [2.24, 2.45) is 11.8 Å². The van der Waals surface area contributed by atoms with Gasteiger partial charge in [-0.1, -0.05) is 31.0 Å². The van der Waals surface area contributed by atoms with Crippen LogP contribution in [0.4, 0.5) is 4.79 Å². The molecule has 1 aliphatic carbocycles. The number of carbonyl (C=O) groups is 3. The van der Waals surface area contributed by atoms with Gasteiger partial charge in [-0.2, -0.15) is 0 Å². The van der Waals surface area contributed by atoms with Crippen LogP contribution in [-0.2, 0) is 49.1 Å². The van der Waals surface area contributed by atoms with Gasteiger partial charge in [0.15, 0.2) is 0 Å². The molecule has 2 aromatic rings. The molecule has 1 aromatic heterocycles. The number of carbonyl (C=O) groups excluding carboxylic acids is 3. The topological polar surface area (TPSA) is 91.9 Å². The Labute approximate surface area is 223 Å². The average Bonchev–Trinajstić information content (AvgIpc) is 3.19. The molecular weight excluding hydrogens is 502 g/mol. The number of ether oxygens (including phenoxy) is 2. The number of benzene rings is 1. The normalized spacial score (nSPS) is 21.8. The van der Waals surface area contributed by atoms with E-state index in [0.29, 0.717) is 19.5 Å². The molecule has 2 aliphatic rings. The third-order valence-corrected chi connectivity index (χ3v) is 7.20. The summed E-state index contributed by atoms with van der Waals surface area (Å²) in [6.07, 6.45) is 3.61. The molecule has 2 amide bonds. The van der Waals surface area contributed by atoms with E-state index in [1.165, 1.54) is 7.11 Å². The summed E-state index contributed by atoms with van der Waals surface area (Å²) in [5.74, 6) is -0.678. The van der Waals surface area contributed by atoms with Gasteiger partial charge in [-0.3, -0.25) is 4.79 Å². The van der Waals surface area contributed by atoms with E-state index in [1.54, 1.807) is 16.8 Å². The summed E-state index contributed by atoms with van der Waals surface area (Å²) >= 11 is 0. The summed E-state index contributed by atoms with van der Waals surface area (Å²) in [6.45, 7) is 6.31. The molecule has 4 rings (SSSR count). The molecule has 1 aliphatic heterocycles. The van der Waals surface area contributed by atoms with Crippen LogP contribution in [0, 0.1) is 11.8 Å². The Balaban J connectivity index is 0.00000361. The summed E-state index contributed by atoms with van der Waals surface area (Å²) in [5, 5.41) is 1.08. The van der Waals surface area contributed by atoms with Crippen LogP contribution in [0.25, 0.3) is 10.9 Å². The Bertz CT molecular complexity index is 1110. The largest absolute Gasteiger partial charge is 0.467 e. The Morgan fingerprint density at radius 2 is 1.83 bits per heavy atom. The second-order valence-electron chi connectivity index (χ2n) is 10.8. The Morgan fingerprint density at radius 3 is 2.53 bits per heavy atom. The zero-order valence-electron chi connectivity index (χ0n) is 21.8. The van der Waals surface area contributed by atoms with Crippen molar-refractivity contribution in [2.45, 2.75) is 71.1 Å². The first-order valence-electron chi connectivity index (χ1n) is 12.5. The number of esters is 1. The van der Waals surface area contributed by atoms with Crippen LogP contribution in [-0.4, -0.2) is 65.1 Å². The molecule has 3 unspecified atom stereocenters. The number of nitrogens with zero attached hydrogens (tertiary/aromatic N) is 2. The van der Waals surface area contributed by atoms with Crippen molar-refractivity contribution in [1.29, 1.82) is 0 Å². The van der Waals surface area contributed by atoms with Crippen molar-refractivity contribution < 1.29 is 40.9 Å². The molecule has 2 heterocycles. The predicted molar refractivity (Wildman–Crippen MR) is 133 cm³/mol. The molecule has 198 valence electrons. The van der Waals surface area contributed by atoms with E-state index in [-0.39, 0.29) is 40.9 Å². The third-order valence-electron chi connectivity index (χ3n) is 7.20. The molecule has 1 saturated carbocycles. The number of hydrogen-bond acceptors (Lipinski definition) is 5. The number of hydrogen-bond donors (Lipinski definition) is 1. The maximum absolute atomic E-state index is 14.0. The van der Waals surface area contributed by atoms with E-state index in [2.05, 4.69) is 4.98 Å². The summed E-state index contributed by atoms with van der Waals surface area (Å²) in [7, 11) is 3.09. The smallest absolute Gasteiger partial charge is 0.410 e. The summed E-state index contributed by atoms with van der Waals surface area (Å²) in [6, 6.07) is 7.34. The molecule has 0 spiro atoms. The summed E-state index contributed by atoms with van der Waals surface area (Å²) in [5.41, 5.74) is 2.47. The molecule has 1 fully saturated rings. The van der Waals surface area contributed by atoms with Crippen LogP contribution < -0.4 is 0 Å². The maximum atomic E-state index is 14.0.